The van der Waals surface area contributed by atoms with E-state index in [9.17, 15) is 9.59 Å². The summed E-state index contributed by atoms with van der Waals surface area (Å²) in [7, 11) is 0. The number of nitrogens with two attached hydrogens (primary N) is 1. The minimum Gasteiger partial charge on any atom is -0.476 e. The molecule has 0 unspecified atom stereocenters. The molecule has 2 heterocycles. The average molecular weight is 295 g/mol. The first-order chi connectivity index (χ1) is 10.0. The number of carbonyl (C=O) groups is 2. The highest BCUT2D eigenvalue weighted by molar-refractivity contribution is 5.86. The molecule has 3 N–H and O–H groups in total. The summed E-state index contributed by atoms with van der Waals surface area (Å²) in [4.78, 5) is 25.1. The molecule has 1 aromatic heterocycles. The third kappa shape index (κ3) is 3.57. The summed E-state index contributed by atoms with van der Waals surface area (Å²) in [5.74, 6) is -0.558. The Kier molecular flexibility index (Phi) is 4.89. The number of carboxylic acid groups (broad SMARTS) is 1. The van der Waals surface area contributed by atoms with Crippen molar-refractivity contribution in [1.82, 2.24) is 19.9 Å². The van der Waals surface area contributed by atoms with Crippen LogP contribution in [0.4, 0.5) is 0 Å². The molecule has 21 heavy (non-hydrogen) atoms. The summed E-state index contributed by atoms with van der Waals surface area (Å²) >= 11 is 0. The first-order valence-electron chi connectivity index (χ1n) is 7.16. The number of amides is 1. The molecular formula is C13H21N5O3. The van der Waals surface area contributed by atoms with Gasteiger partial charge in [0.15, 0.2) is 5.69 Å². The molecule has 1 aliphatic heterocycles. The predicted octanol–water partition coefficient (Wildman–Crippen LogP) is -0.264. The monoisotopic (exact) mass is 295 g/mol. The minimum absolute atomic E-state index is 0.0179. The first kappa shape index (κ1) is 15.4. The second kappa shape index (κ2) is 6.66. The van der Waals surface area contributed by atoms with Crippen molar-refractivity contribution in [2.75, 3.05) is 19.6 Å². The number of aromatic carboxylic acids is 1. The zero-order valence-electron chi connectivity index (χ0n) is 12.2. The van der Waals surface area contributed by atoms with Gasteiger partial charge in [-0.2, -0.15) is 0 Å². The van der Waals surface area contributed by atoms with Gasteiger partial charge in [-0.3, -0.25) is 4.79 Å². The quantitative estimate of drug-likeness (QED) is 0.773. The van der Waals surface area contributed by atoms with Crippen molar-refractivity contribution >= 4 is 11.9 Å². The summed E-state index contributed by atoms with van der Waals surface area (Å²) in [6.45, 7) is 3.96. The molecule has 0 atom stereocenters. The first-order valence-corrected chi connectivity index (χ1v) is 7.16. The molecule has 0 aromatic carbocycles. The van der Waals surface area contributed by atoms with Gasteiger partial charge in [0, 0.05) is 19.5 Å². The largest absolute Gasteiger partial charge is 0.476 e. The Bertz CT molecular complexity index is 520. The molecule has 116 valence electrons. The summed E-state index contributed by atoms with van der Waals surface area (Å²) in [5, 5.41) is 16.5. The number of carbonyl (C=O) groups excluding carboxylic acids is 1. The fourth-order valence-electron chi connectivity index (χ4n) is 2.50. The highest BCUT2D eigenvalue weighted by Gasteiger charge is 2.24. The van der Waals surface area contributed by atoms with Crippen LogP contribution in [0.15, 0.2) is 0 Å². The van der Waals surface area contributed by atoms with Gasteiger partial charge in [-0.15, -0.1) is 5.10 Å². The SMILES string of the molecule is CC1CCN(C(=O)Cn2nnc(C(=O)O)c2CCN)CC1. The maximum absolute atomic E-state index is 12.3. The van der Waals surface area contributed by atoms with Crippen molar-refractivity contribution in [3.63, 3.8) is 0 Å². The standard InChI is InChI=1S/C13H21N5O3/c1-9-3-6-17(7-4-9)11(19)8-18-10(2-5-14)12(13(20)21)15-16-18/h9H,2-8,14H2,1H3,(H,20,21). The number of hydrogen-bond donors (Lipinski definition) is 2. The van der Waals surface area contributed by atoms with Crippen molar-refractivity contribution in [2.24, 2.45) is 11.7 Å². The number of aromatic nitrogens is 3. The Labute approximate surface area is 122 Å². The van der Waals surface area contributed by atoms with E-state index in [1.54, 1.807) is 4.90 Å². The Balaban J connectivity index is 2.08. The normalized spacial score (nSPS) is 16.2. The molecule has 8 nitrogen and oxygen atoms in total. The van der Waals surface area contributed by atoms with Crippen molar-refractivity contribution in [3.8, 4) is 0 Å². The summed E-state index contributed by atoms with van der Waals surface area (Å²) in [6.07, 6.45) is 2.33. The van der Waals surface area contributed by atoms with Gasteiger partial charge in [0.25, 0.3) is 0 Å². The second-order valence-corrected chi connectivity index (χ2v) is 5.45. The zero-order chi connectivity index (χ0) is 15.4. The number of carboxylic acids is 1. The van der Waals surface area contributed by atoms with Crippen LogP contribution in [0.25, 0.3) is 0 Å². The number of piperidine rings is 1. The lowest BCUT2D eigenvalue weighted by molar-refractivity contribution is -0.133. The third-order valence-corrected chi connectivity index (χ3v) is 3.84. The van der Waals surface area contributed by atoms with Crippen LogP contribution in [0.1, 0.15) is 35.9 Å². The Morgan fingerprint density at radius 3 is 2.62 bits per heavy atom. The number of rotatable bonds is 5. The fourth-order valence-corrected chi connectivity index (χ4v) is 2.50. The molecule has 1 amide bonds. The van der Waals surface area contributed by atoms with Gasteiger partial charge in [0.05, 0.1) is 5.69 Å². The highest BCUT2D eigenvalue weighted by Crippen LogP contribution is 2.16. The minimum atomic E-state index is -1.15. The molecule has 2 rings (SSSR count). The number of hydrogen-bond acceptors (Lipinski definition) is 5. The maximum atomic E-state index is 12.3. The lowest BCUT2D eigenvalue weighted by atomic mass is 9.99. The van der Waals surface area contributed by atoms with Crippen LogP contribution >= 0.6 is 0 Å². The molecule has 0 saturated carbocycles. The van der Waals surface area contributed by atoms with Crippen LogP contribution in [-0.2, 0) is 17.8 Å². The smallest absolute Gasteiger partial charge is 0.358 e. The van der Waals surface area contributed by atoms with E-state index in [2.05, 4.69) is 17.2 Å². The van der Waals surface area contributed by atoms with E-state index < -0.39 is 5.97 Å². The van der Waals surface area contributed by atoms with Gasteiger partial charge in [0.2, 0.25) is 5.91 Å². The van der Waals surface area contributed by atoms with E-state index in [4.69, 9.17) is 10.8 Å². The van der Waals surface area contributed by atoms with Gasteiger partial charge in [-0.05, 0) is 25.3 Å². The van der Waals surface area contributed by atoms with Crippen molar-refractivity contribution in [1.29, 1.82) is 0 Å². The number of nitrogens with zero attached hydrogens (tertiary/aromatic N) is 4. The van der Waals surface area contributed by atoms with E-state index in [0.717, 1.165) is 25.9 Å². The average Bonchev–Trinajstić information content (AvgIpc) is 2.83. The van der Waals surface area contributed by atoms with E-state index in [1.807, 2.05) is 0 Å². The van der Waals surface area contributed by atoms with Gasteiger partial charge in [-0.25, -0.2) is 9.48 Å². The summed E-state index contributed by atoms with van der Waals surface area (Å²) in [5.41, 5.74) is 5.77. The van der Waals surface area contributed by atoms with Crippen molar-refractivity contribution in [3.05, 3.63) is 11.4 Å². The Morgan fingerprint density at radius 2 is 2.05 bits per heavy atom. The molecular weight excluding hydrogens is 274 g/mol. The van der Waals surface area contributed by atoms with Crippen LogP contribution in [-0.4, -0.2) is 56.5 Å². The van der Waals surface area contributed by atoms with Gasteiger partial charge in [0.1, 0.15) is 6.54 Å². The van der Waals surface area contributed by atoms with Crippen LogP contribution in [0.5, 0.6) is 0 Å². The van der Waals surface area contributed by atoms with Crippen LogP contribution in [0.3, 0.4) is 0 Å². The van der Waals surface area contributed by atoms with Gasteiger partial charge in [-0.1, -0.05) is 12.1 Å². The lowest BCUT2D eigenvalue weighted by Crippen LogP contribution is -2.40. The highest BCUT2D eigenvalue weighted by atomic mass is 16.4. The molecule has 1 aromatic rings. The van der Waals surface area contributed by atoms with Crippen molar-refractivity contribution < 1.29 is 14.7 Å². The maximum Gasteiger partial charge on any atom is 0.358 e. The van der Waals surface area contributed by atoms with Crippen LogP contribution in [0.2, 0.25) is 0 Å². The van der Waals surface area contributed by atoms with E-state index in [0.29, 0.717) is 18.0 Å². The van der Waals surface area contributed by atoms with E-state index in [1.165, 1.54) is 4.68 Å². The van der Waals surface area contributed by atoms with E-state index >= 15 is 0 Å². The lowest BCUT2D eigenvalue weighted by Gasteiger charge is -2.30. The van der Waals surface area contributed by atoms with Gasteiger partial charge < -0.3 is 15.7 Å². The Morgan fingerprint density at radius 1 is 1.38 bits per heavy atom. The molecule has 0 aliphatic carbocycles. The zero-order valence-corrected chi connectivity index (χ0v) is 12.2. The van der Waals surface area contributed by atoms with Crippen LogP contribution in [0, 0.1) is 5.92 Å². The second-order valence-electron chi connectivity index (χ2n) is 5.45. The summed E-state index contributed by atoms with van der Waals surface area (Å²) < 4.78 is 1.36. The molecule has 1 fully saturated rings. The molecule has 8 heteroatoms. The third-order valence-electron chi connectivity index (χ3n) is 3.84. The Hall–Kier alpha value is -1.96. The molecule has 0 bridgehead atoms. The molecule has 1 saturated heterocycles. The number of likely N-dealkylation sites (tertiary alicyclic amines) is 1. The predicted molar refractivity (Wildman–Crippen MR) is 74.7 cm³/mol. The molecule has 0 spiro atoms. The topological polar surface area (TPSA) is 114 Å². The summed E-state index contributed by atoms with van der Waals surface area (Å²) in [6, 6.07) is 0. The molecule has 1 aliphatic rings. The van der Waals surface area contributed by atoms with Gasteiger partial charge >= 0.3 is 5.97 Å². The van der Waals surface area contributed by atoms with Crippen molar-refractivity contribution in [2.45, 2.75) is 32.7 Å². The van der Waals surface area contributed by atoms with Crippen LogP contribution < -0.4 is 5.73 Å². The molecule has 0 radical (unpaired) electrons. The fraction of sp³-hybridized carbons (Fsp3) is 0.692. The van der Waals surface area contributed by atoms with E-state index in [-0.39, 0.29) is 24.7 Å².